The first kappa shape index (κ1) is 21.5. The third-order valence-electron chi connectivity index (χ3n) is 5.83. The summed E-state index contributed by atoms with van der Waals surface area (Å²) in [5.41, 5.74) is 0.124. The maximum Gasteiger partial charge on any atom is 0.332 e. The Morgan fingerprint density at radius 3 is 2.61 bits per heavy atom. The highest BCUT2D eigenvalue weighted by molar-refractivity contribution is 6.42. The molecule has 9 nitrogen and oxygen atoms in total. The van der Waals surface area contributed by atoms with Gasteiger partial charge >= 0.3 is 11.7 Å². The molecule has 1 aromatic carbocycles. The van der Waals surface area contributed by atoms with E-state index in [1.165, 1.54) is 4.57 Å². The van der Waals surface area contributed by atoms with Crippen LogP contribution < -0.4 is 16.6 Å². The minimum Gasteiger partial charge on any atom is -0.481 e. The first-order valence-corrected chi connectivity index (χ1v) is 10.5. The topological polar surface area (TPSA) is 111 Å². The highest BCUT2D eigenvalue weighted by Crippen LogP contribution is 2.29. The van der Waals surface area contributed by atoms with Gasteiger partial charge in [-0.25, -0.2) is 4.79 Å². The summed E-state index contributed by atoms with van der Waals surface area (Å²) in [6.45, 7) is 0.0238. The van der Waals surface area contributed by atoms with E-state index < -0.39 is 23.1 Å². The van der Waals surface area contributed by atoms with Crippen LogP contribution in [0, 0.1) is 5.92 Å². The van der Waals surface area contributed by atoms with Crippen molar-refractivity contribution in [1.82, 2.24) is 18.7 Å². The van der Waals surface area contributed by atoms with Crippen molar-refractivity contribution in [2.24, 2.45) is 20.0 Å². The largest absolute Gasteiger partial charge is 0.481 e. The number of benzene rings is 1. The number of nitrogens with one attached hydrogen (secondary N) is 1. The monoisotopic (exact) mass is 465 g/mol. The molecule has 3 aromatic rings. The van der Waals surface area contributed by atoms with Gasteiger partial charge in [-0.1, -0.05) is 35.7 Å². The van der Waals surface area contributed by atoms with Gasteiger partial charge in [-0.2, -0.15) is 4.98 Å². The summed E-state index contributed by atoms with van der Waals surface area (Å²) in [5, 5.41) is 13.3. The highest BCUT2D eigenvalue weighted by Gasteiger charge is 2.34. The number of aromatic nitrogens is 4. The van der Waals surface area contributed by atoms with Gasteiger partial charge in [-0.15, -0.1) is 0 Å². The van der Waals surface area contributed by atoms with Crippen molar-refractivity contribution in [3.63, 3.8) is 0 Å². The van der Waals surface area contributed by atoms with Crippen molar-refractivity contribution in [2.45, 2.75) is 31.8 Å². The molecular weight excluding hydrogens is 445 g/mol. The molecule has 0 bridgehead atoms. The van der Waals surface area contributed by atoms with Gasteiger partial charge in [0.2, 0.25) is 5.95 Å². The van der Waals surface area contributed by atoms with Crippen LogP contribution in [-0.2, 0) is 25.4 Å². The van der Waals surface area contributed by atoms with Crippen molar-refractivity contribution in [2.75, 3.05) is 5.32 Å². The summed E-state index contributed by atoms with van der Waals surface area (Å²) >= 11 is 12.0. The van der Waals surface area contributed by atoms with Crippen LogP contribution in [0.3, 0.4) is 0 Å². The lowest BCUT2D eigenvalue weighted by Crippen LogP contribution is -2.39. The van der Waals surface area contributed by atoms with Crippen LogP contribution in [-0.4, -0.2) is 35.8 Å². The van der Waals surface area contributed by atoms with Gasteiger partial charge < -0.3 is 15.0 Å². The average molecular weight is 466 g/mol. The van der Waals surface area contributed by atoms with Crippen LogP contribution in [0.15, 0.2) is 27.8 Å². The molecule has 2 aromatic heterocycles. The zero-order chi connectivity index (χ0) is 22.4. The number of hydrogen-bond donors (Lipinski definition) is 2. The SMILES string of the molecule is Cn1c(N[C@@H]2CCC[C@@H]2C(=O)O)nc2c1c(=O)n(Cc1ccc(Cl)c(Cl)c1)c(=O)n2C. The van der Waals surface area contributed by atoms with Crippen molar-refractivity contribution >= 4 is 46.3 Å². The lowest BCUT2D eigenvalue weighted by atomic mass is 10.0. The molecule has 4 rings (SSSR count). The van der Waals surface area contributed by atoms with Crippen LogP contribution in [0.25, 0.3) is 11.2 Å². The normalized spacial score (nSPS) is 18.6. The van der Waals surface area contributed by atoms with E-state index in [0.717, 1.165) is 11.0 Å². The van der Waals surface area contributed by atoms with Gasteiger partial charge in [0, 0.05) is 20.1 Å². The van der Waals surface area contributed by atoms with Crippen molar-refractivity contribution < 1.29 is 9.90 Å². The predicted molar refractivity (Wildman–Crippen MR) is 118 cm³/mol. The summed E-state index contributed by atoms with van der Waals surface area (Å²) in [6.07, 6.45) is 2.08. The number of carboxylic acid groups (broad SMARTS) is 1. The number of rotatable bonds is 5. The van der Waals surface area contributed by atoms with Gasteiger partial charge in [-0.3, -0.25) is 18.7 Å². The first-order valence-electron chi connectivity index (χ1n) is 9.78. The van der Waals surface area contributed by atoms with E-state index in [4.69, 9.17) is 23.2 Å². The van der Waals surface area contributed by atoms with Gasteiger partial charge in [0.25, 0.3) is 5.56 Å². The van der Waals surface area contributed by atoms with Gasteiger partial charge in [0.15, 0.2) is 11.2 Å². The Balaban J connectivity index is 1.78. The molecule has 2 heterocycles. The summed E-state index contributed by atoms with van der Waals surface area (Å²) < 4.78 is 3.99. The Morgan fingerprint density at radius 1 is 1.19 bits per heavy atom. The molecule has 2 atom stereocenters. The summed E-state index contributed by atoms with van der Waals surface area (Å²) in [6, 6.07) is 4.64. The molecule has 2 N–H and O–H groups in total. The number of aryl methyl sites for hydroxylation is 2. The third kappa shape index (κ3) is 3.72. The average Bonchev–Trinajstić information content (AvgIpc) is 3.32. The van der Waals surface area contributed by atoms with Crippen LogP contribution >= 0.6 is 23.2 Å². The minimum atomic E-state index is -0.856. The fraction of sp³-hybridized carbons (Fsp3) is 0.400. The lowest BCUT2D eigenvalue weighted by Gasteiger charge is -2.18. The maximum atomic E-state index is 13.2. The molecular formula is C20H21Cl2N5O4. The highest BCUT2D eigenvalue weighted by atomic mass is 35.5. The summed E-state index contributed by atoms with van der Waals surface area (Å²) in [5.74, 6) is -1.02. The molecule has 1 saturated carbocycles. The molecule has 31 heavy (non-hydrogen) atoms. The lowest BCUT2D eigenvalue weighted by molar-refractivity contribution is -0.141. The zero-order valence-corrected chi connectivity index (χ0v) is 18.4. The number of halogens is 2. The van der Waals surface area contributed by atoms with E-state index in [-0.39, 0.29) is 23.8 Å². The Morgan fingerprint density at radius 2 is 1.94 bits per heavy atom. The molecule has 1 aliphatic rings. The van der Waals surface area contributed by atoms with Gasteiger partial charge in [-0.05, 0) is 30.5 Å². The molecule has 11 heteroatoms. The summed E-state index contributed by atoms with van der Waals surface area (Å²) in [7, 11) is 3.21. The second kappa shape index (κ2) is 8.05. The van der Waals surface area contributed by atoms with Crippen LogP contribution in [0.1, 0.15) is 24.8 Å². The molecule has 0 amide bonds. The van der Waals surface area contributed by atoms with E-state index in [0.29, 0.717) is 34.4 Å². The fourth-order valence-electron chi connectivity index (χ4n) is 4.13. The maximum absolute atomic E-state index is 13.2. The third-order valence-corrected chi connectivity index (χ3v) is 6.57. The quantitative estimate of drug-likeness (QED) is 0.598. The molecule has 0 spiro atoms. The number of hydrogen-bond acceptors (Lipinski definition) is 5. The number of imidazole rings is 1. The van der Waals surface area contributed by atoms with Gasteiger partial charge in [0.05, 0.1) is 22.5 Å². The first-order chi connectivity index (χ1) is 14.7. The van der Waals surface area contributed by atoms with Crippen molar-refractivity contribution in [3.8, 4) is 0 Å². The second-order valence-corrected chi connectivity index (χ2v) is 8.59. The fourth-order valence-corrected chi connectivity index (χ4v) is 4.45. The minimum absolute atomic E-state index is 0.0238. The van der Waals surface area contributed by atoms with E-state index in [9.17, 15) is 19.5 Å². The Labute approximate surface area is 186 Å². The van der Waals surface area contributed by atoms with E-state index in [1.807, 2.05) is 0 Å². The smallest absolute Gasteiger partial charge is 0.332 e. The summed E-state index contributed by atoms with van der Waals surface area (Å²) in [4.78, 5) is 42.0. The van der Waals surface area contributed by atoms with Crippen molar-refractivity contribution in [3.05, 3.63) is 54.6 Å². The number of carboxylic acids is 1. The van der Waals surface area contributed by atoms with Crippen molar-refractivity contribution in [1.29, 1.82) is 0 Å². The Hall–Kier alpha value is -2.78. The molecule has 164 valence electrons. The number of aliphatic carboxylic acids is 1. The molecule has 1 aliphatic carbocycles. The standard InChI is InChI=1S/C20H21Cl2N5O4/c1-25-15-16(24-19(25)23-14-5-3-4-11(14)18(29)30)26(2)20(31)27(17(15)28)9-10-6-7-12(21)13(22)8-10/h6-8,11,14H,3-5,9H2,1-2H3,(H,23,24)(H,29,30)/t11-,14+/m0/s1. The van der Waals surface area contributed by atoms with E-state index >= 15 is 0 Å². The molecule has 0 radical (unpaired) electrons. The van der Waals surface area contributed by atoms with E-state index in [1.54, 1.807) is 36.9 Å². The predicted octanol–water partition coefficient (Wildman–Crippen LogP) is 2.45. The van der Waals surface area contributed by atoms with E-state index in [2.05, 4.69) is 10.3 Å². The second-order valence-electron chi connectivity index (χ2n) is 7.77. The number of anilines is 1. The number of nitrogens with zero attached hydrogens (tertiary/aromatic N) is 4. The van der Waals surface area contributed by atoms with Gasteiger partial charge in [0.1, 0.15) is 0 Å². The number of carbonyl (C=O) groups is 1. The van der Waals surface area contributed by atoms with Crippen LogP contribution in [0.5, 0.6) is 0 Å². The Kier molecular flexibility index (Phi) is 5.57. The molecule has 0 unspecified atom stereocenters. The Bertz CT molecular complexity index is 1310. The molecule has 1 fully saturated rings. The van der Waals surface area contributed by atoms with Crippen LogP contribution in [0.4, 0.5) is 5.95 Å². The molecule has 0 saturated heterocycles. The van der Waals surface area contributed by atoms with Crippen LogP contribution in [0.2, 0.25) is 10.0 Å². The molecule has 0 aliphatic heterocycles. The number of fused-ring (bicyclic) bond motifs is 1. The zero-order valence-electron chi connectivity index (χ0n) is 16.9.